The Hall–Kier alpha value is -5.92. The lowest BCUT2D eigenvalue weighted by atomic mass is 9.95. The Labute approximate surface area is 355 Å². The topological polar surface area (TPSA) is 166 Å². The van der Waals surface area contributed by atoms with E-state index in [2.05, 4.69) is 76.8 Å². The van der Waals surface area contributed by atoms with E-state index >= 15 is 0 Å². The number of hydrogen-bond donors (Lipinski definition) is 3. The quantitative estimate of drug-likeness (QED) is 0.128. The third-order valence-corrected chi connectivity index (χ3v) is 14.1. The number of likely N-dealkylation sites (N-methyl/N-ethyl adjacent to an activating group) is 1. The highest BCUT2D eigenvalue weighted by atomic mass is 16.5. The van der Waals surface area contributed by atoms with Crippen LogP contribution in [-0.4, -0.2) is 104 Å². The van der Waals surface area contributed by atoms with Gasteiger partial charge in [0.1, 0.15) is 23.7 Å². The molecule has 9 rings (SSSR count). The summed E-state index contributed by atoms with van der Waals surface area (Å²) in [5.41, 5.74) is 5.81. The number of aromatic amines is 2. The van der Waals surface area contributed by atoms with Crippen molar-refractivity contribution in [2.75, 3.05) is 21.3 Å². The van der Waals surface area contributed by atoms with Crippen LogP contribution in [0.25, 0.3) is 44.2 Å². The monoisotopic (exact) mass is 828 g/mol. The average Bonchev–Trinajstić information content (AvgIpc) is 3.98. The van der Waals surface area contributed by atoms with Crippen molar-refractivity contribution in [1.82, 2.24) is 40.0 Å². The van der Waals surface area contributed by atoms with E-state index < -0.39 is 24.3 Å². The van der Waals surface area contributed by atoms with Gasteiger partial charge in [0.05, 0.1) is 49.2 Å². The van der Waals surface area contributed by atoms with E-state index in [9.17, 15) is 19.2 Å². The van der Waals surface area contributed by atoms with Crippen molar-refractivity contribution in [2.45, 2.75) is 96.6 Å². The molecule has 3 aromatic carbocycles. The fourth-order valence-electron chi connectivity index (χ4n) is 10.9. The van der Waals surface area contributed by atoms with Crippen molar-refractivity contribution in [2.24, 2.45) is 29.6 Å². The van der Waals surface area contributed by atoms with Crippen LogP contribution in [0.4, 0.5) is 9.59 Å². The lowest BCUT2D eigenvalue weighted by Gasteiger charge is -2.37. The Balaban J connectivity index is 0.937. The van der Waals surface area contributed by atoms with Crippen LogP contribution in [0.15, 0.2) is 60.8 Å². The molecule has 9 atom stereocenters. The minimum absolute atomic E-state index is 0.0683. The van der Waals surface area contributed by atoms with Crippen molar-refractivity contribution in [3.05, 3.63) is 72.4 Å². The first-order chi connectivity index (χ1) is 29.3. The fourth-order valence-corrected chi connectivity index (χ4v) is 10.9. The van der Waals surface area contributed by atoms with E-state index in [0.29, 0.717) is 17.8 Å². The van der Waals surface area contributed by atoms with Gasteiger partial charge < -0.3 is 34.6 Å². The van der Waals surface area contributed by atoms with Gasteiger partial charge in [-0.05, 0) is 89.5 Å². The maximum Gasteiger partial charge on any atom is 0.409 e. The first-order valence-corrected chi connectivity index (χ1v) is 21.7. The van der Waals surface area contributed by atoms with Gasteiger partial charge in [0.15, 0.2) is 0 Å². The zero-order valence-corrected chi connectivity index (χ0v) is 36.1. The molecule has 2 aliphatic carbocycles. The Bertz CT molecular complexity index is 2510. The van der Waals surface area contributed by atoms with Crippen LogP contribution < -0.4 is 5.32 Å². The van der Waals surface area contributed by atoms with Crippen LogP contribution in [0.3, 0.4) is 0 Å². The van der Waals surface area contributed by atoms with E-state index in [1.54, 1.807) is 7.05 Å². The average molecular weight is 829 g/mol. The molecule has 61 heavy (non-hydrogen) atoms. The van der Waals surface area contributed by atoms with Gasteiger partial charge in [-0.3, -0.25) is 14.5 Å². The summed E-state index contributed by atoms with van der Waals surface area (Å²) < 4.78 is 9.83. The van der Waals surface area contributed by atoms with Crippen molar-refractivity contribution < 1.29 is 28.7 Å². The summed E-state index contributed by atoms with van der Waals surface area (Å²) in [5.74, 6) is 2.31. The second kappa shape index (κ2) is 15.5. The van der Waals surface area contributed by atoms with Crippen LogP contribution in [0, 0.1) is 29.6 Å². The Morgan fingerprint density at radius 3 is 2.28 bits per heavy atom. The lowest BCUT2D eigenvalue weighted by Crippen LogP contribution is -2.54. The molecule has 14 heteroatoms. The molecule has 2 saturated carbocycles. The summed E-state index contributed by atoms with van der Waals surface area (Å²) in [6, 6.07) is 17.5. The highest BCUT2D eigenvalue weighted by Gasteiger charge is 2.62. The standard InChI is InChI=1S/C47H56N8O6/c1-23(2)37(52-46(58)60-7)44(56)54-31-16-13-30(20-31)41(54)43-49-34-18-15-29-19-28(14-17-32(29)38(34)51-43)26-9-11-27(12-10-26)35-22-48-42(50-35)36-21-33-25(5)40(33)55(36)45(57)39(24(3)4)53(6)47(59)61-8/h9-12,14-15,17-19,22-25,30-31,33,36-37,39-41H,13,16,20-21H2,1-8H3,(H,48,50)(H,49,51)(H,52,58)/t25-,30+,31-,33+,36+,37+,39+,40-,41+/m1/s1. The van der Waals surface area contributed by atoms with E-state index in [4.69, 9.17) is 19.4 Å². The van der Waals surface area contributed by atoms with Gasteiger partial charge in [-0.2, -0.15) is 0 Å². The number of H-pyrrole nitrogens is 2. The van der Waals surface area contributed by atoms with Gasteiger partial charge in [-0.1, -0.05) is 77.1 Å². The predicted molar refractivity (Wildman–Crippen MR) is 231 cm³/mol. The van der Waals surface area contributed by atoms with Gasteiger partial charge in [0.2, 0.25) is 11.8 Å². The molecule has 4 heterocycles. The summed E-state index contributed by atoms with van der Waals surface area (Å²) in [6.45, 7) is 9.97. The molecule has 14 nitrogen and oxygen atoms in total. The number of fused-ring (bicyclic) bond motifs is 6. The Morgan fingerprint density at radius 2 is 1.57 bits per heavy atom. The molecule has 3 N–H and O–H groups in total. The number of nitrogens with zero attached hydrogens (tertiary/aromatic N) is 5. The largest absolute Gasteiger partial charge is 0.453 e. The number of amides is 4. The smallest absolute Gasteiger partial charge is 0.409 e. The molecule has 320 valence electrons. The number of ether oxygens (including phenoxy) is 2. The molecule has 5 aromatic rings. The number of alkyl carbamates (subject to hydrolysis) is 1. The zero-order chi connectivity index (χ0) is 43.0. The van der Waals surface area contributed by atoms with Crippen molar-refractivity contribution in [1.29, 1.82) is 0 Å². The third kappa shape index (κ3) is 6.87. The summed E-state index contributed by atoms with van der Waals surface area (Å²) >= 11 is 0. The number of carbonyl (C=O) groups is 4. The highest BCUT2D eigenvalue weighted by molar-refractivity contribution is 6.05. The van der Waals surface area contributed by atoms with Gasteiger partial charge in [-0.15, -0.1) is 0 Å². The SMILES string of the molecule is COC(=O)N[C@H](C(=O)N1[C@@H]2CC[C@@H](C2)[C@H]1c1nc2c(ccc3cc(-c4ccc(-c5cnc([C@@H]6C[C@H]7[C@@H](C)[C@H]7N6C(=O)[C@H](C(C)C)N(C)C(=O)OC)[nH]5)cc4)ccc32)[nH]1)C(C)C. The Kier molecular flexibility index (Phi) is 10.3. The molecule has 2 saturated heterocycles. The number of carbonyl (C=O) groups excluding carboxylic acids is 4. The lowest BCUT2D eigenvalue weighted by molar-refractivity contribution is -0.140. The number of hydrogen-bond acceptors (Lipinski definition) is 8. The summed E-state index contributed by atoms with van der Waals surface area (Å²) in [5, 5.41) is 4.87. The highest BCUT2D eigenvalue weighted by Crippen LogP contribution is 2.58. The molecule has 4 amide bonds. The number of benzene rings is 3. The molecule has 2 bridgehead atoms. The second-order valence-corrected chi connectivity index (χ2v) is 18.3. The van der Waals surface area contributed by atoms with Crippen molar-refractivity contribution in [3.8, 4) is 22.4 Å². The third-order valence-electron chi connectivity index (χ3n) is 14.1. The minimum atomic E-state index is -0.690. The zero-order valence-electron chi connectivity index (χ0n) is 36.1. The van der Waals surface area contributed by atoms with Gasteiger partial charge in [-0.25, -0.2) is 19.6 Å². The van der Waals surface area contributed by atoms with Crippen LogP contribution in [0.2, 0.25) is 0 Å². The fraction of sp³-hybridized carbons (Fsp3) is 0.489. The molecular formula is C47H56N8O6. The molecule has 4 aliphatic rings. The van der Waals surface area contributed by atoms with E-state index in [1.165, 1.54) is 19.1 Å². The summed E-state index contributed by atoms with van der Waals surface area (Å²) in [6.07, 6.45) is 4.45. The van der Waals surface area contributed by atoms with E-state index in [1.807, 2.05) is 43.7 Å². The minimum Gasteiger partial charge on any atom is -0.453 e. The molecule has 0 unspecified atom stereocenters. The predicted octanol–water partition coefficient (Wildman–Crippen LogP) is 7.84. The molecule has 4 fully saturated rings. The molecule has 2 aliphatic heterocycles. The van der Waals surface area contributed by atoms with Crippen LogP contribution in [0.5, 0.6) is 0 Å². The van der Waals surface area contributed by atoms with Crippen molar-refractivity contribution in [3.63, 3.8) is 0 Å². The van der Waals surface area contributed by atoms with Crippen LogP contribution >= 0.6 is 0 Å². The molecule has 2 aromatic heterocycles. The number of nitrogens with one attached hydrogen (secondary N) is 3. The van der Waals surface area contributed by atoms with E-state index in [-0.39, 0.29) is 47.8 Å². The molecule has 0 radical (unpaired) electrons. The number of aromatic nitrogens is 4. The van der Waals surface area contributed by atoms with Crippen LogP contribution in [0.1, 0.15) is 84.0 Å². The maximum atomic E-state index is 14.2. The second-order valence-electron chi connectivity index (χ2n) is 18.3. The van der Waals surface area contributed by atoms with E-state index in [0.717, 1.165) is 81.5 Å². The number of methoxy groups -OCH3 is 2. The van der Waals surface area contributed by atoms with Gasteiger partial charge >= 0.3 is 12.2 Å². The number of likely N-dealkylation sites (tertiary alicyclic amines) is 2. The number of imidazole rings is 2. The van der Waals surface area contributed by atoms with Crippen LogP contribution in [-0.2, 0) is 19.1 Å². The number of rotatable bonds is 10. The first kappa shape index (κ1) is 40.5. The normalized spacial score (nSPS) is 25.0. The van der Waals surface area contributed by atoms with Gasteiger partial charge in [0, 0.05) is 24.5 Å². The summed E-state index contributed by atoms with van der Waals surface area (Å²) in [4.78, 5) is 75.5. The van der Waals surface area contributed by atoms with Crippen molar-refractivity contribution >= 4 is 45.8 Å². The molecular weight excluding hydrogens is 773 g/mol. The Morgan fingerprint density at radius 1 is 0.836 bits per heavy atom. The first-order valence-electron chi connectivity index (χ1n) is 21.7. The summed E-state index contributed by atoms with van der Waals surface area (Å²) in [7, 11) is 4.28. The maximum absolute atomic E-state index is 14.2. The number of piperidine rings is 2. The van der Waals surface area contributed by atoms with Gasteiger partial charge in [0.25, 0.3) is 0 Å². The molecule has 0 spiro atoms.